The third-order valence-electron chi connectivity index (χ3n) is 3.61. The summed E-state index contributed by atoms with van der Waals surface area (Å²) < 4.78 is 12.8. The molecule has 0 saturated heterocycles. The van der Waals surface area contributed by atoms with Crippen LogP contribution in [0.3, 0.4) is 0 Å². The molecule has 1 fully saturated rings. The van der Waals surface area contributed by atoms with Crippen molar-refractivity contribution in [2.75, 3.05) is 6.61 Å². The van der Waals surface area contributed by atoms with E-state index in [1.165, 1.54) is 18.2 Å². The molecule has 0 heterocycles. The highest BCUT2D eigenvalue weighted by Gasteiger charge is 2.31. The summed E-state index contributed by atoms with van der Waals surface area (Å²) in [6.07, 6.45) is 4.36. The maximum Gasteiger partial charge on any atom is 0.244 e. The Morgan fingerprint density at radius 3 is 2.65 bits per heavy atom. The van der Waals surface area contributed by atoms with Gasteiger partial charge in [0.05, 0.1) is 0 Å². The number of allylic oxidation sites excluding steroid dienone is 1. The van der Waals surface area contributed by atoms with Crippen LogP contribution in [0.25, 0.3) is 5.57 Å². The van der Waals surface area contributed by atoms with Gasteiger partial charge in [0.25, 0.3) is 0 Å². The van der Waals surface area contributed by atoms with E-state index in [0.29, 0.717) is 12.3 Å². The Labute approximate surface area is 118 Å². The Hall–Kier alpha value is -1.68. The second-order valence-corrected chi connectivity index (χ2v) is 5.30. The second kappa shape index (κ2) is 6.66. The fourth-order valence-corrected chi connectivity index (χ4v) is 2.28. The quantitative estimate of drug-likeness (QED) is 0.785. The minimum atomic E-state index is -0.289. The highest BCUT2D eigenvalue weighted by atomic mass is 19.1. The summed E-state index contributed by atoms with van der Waals surface area (Å²) in [6, 6.07) is 6.12. The van der Waals surface area contributed by atoms with E-state index in [1.54, 1.807) is 12.1 Å². The summed E-state index contributed by atoms with van der Waals surface area (Å²) in [5, 5.41) is 12.0. The molecule has 20 heavy (non-hydrogen) atoms. The minimum absolute atomic E-state index is 0.0600. The SMILES string of the molecule is C/C(=C/C(=O)NC(CCO)C1CC1)c1ccc(F)cc1. The van der Waals surface area contributed by atoms with Crippen LogP contribution >= 0.6 is 0 Å². The van der Waals surface area contributed by atoms with Crippen LogP contribution in [-0.2, 0) is 4.79 Å². The molecule has 1 amide bonds. The van der Waals surface area contributed by atoms with E-state index >= 15 is 0 Å². The van der Waals surface area contributed by atoms with Crippen molar-refractivity contribution in [2.24, 2.45) is 5.92 Å². The summed E-state index contributed by atoms with van der Waals surface area (Å²) in [5.41, 5.74) is 1.62. The van der Waals surface area contributed by atoms with Gasteiger partial charge in [-0.25, -0.2) is 4.39 Å². The van der Waals surface area contributed by atoms with Crippen LogP contribution in [0.15, 0.2) is 30.3 Å². The summed E-state index contributed by atoms with van der Waals surface area (Å²) in [4.78, 5) is 12.0. The standard InChI is InChI=1S/C16H20FNO2/c1-11(12-4-6-14(17)7-5-12)10-16(20)18-15(8-9-19)13-2-3-13/h4-7,10,13,15,19H,2-3,8-9H2,1H3,(H,18,20)/b11-10-. The van der Waals surface area contributed by atoms with Crippen LogP contribution in [-0.4, -0.2) is 23.7 Å². The highest BCUT2D eigenvalue weighted by Crippen LogP contribution is 2.33. The fourth-order valence-electron chi connectivity index (χ4n) is 2.28. The van der Waals surface area contributed by atoms with Crippen molar-refractivity contribution in [1.82, 2.24) is 5.32 Å². The van der Waals surface area contributed by atoms with Crippen molar-refractivity contribution in [2.45, 2.75) is 32.2 Å². The van der Waals surface area contributed by atoms with Gasteiger partial charge >= 0.3 is 0 Å². The molecule has 1 unspecified atom stereocenters. The van der Waals surface area contributed by atoms with Crippen molar-refractivity contribution in [3.8, 4) is 0 Å². The first-order chi connectivity index (χ1) is 9.60. The molecule has 108 valence electrons. The minimum Gasteiger partial charge on any atom is -0.396 e. The average molecular weight is 277 g/mol. The van der Waals surface area contributed by atoms with E-state index in [-0.39, 0.29) is 24.4 Å². The topological polar surface area (TPSA) is 49.3 Å². The molecule has 3 nitrogen and oxygen atoms in total. The van der Waals surface area contributed by atoms with Gasteiger partial charge in [0.2, 0.25) is 5.91 Å². The van der Waals surface area contributed by atoms with E-state index in [4.69, 9.17) is 5.11 Å². The number of carbonyl (C=O) groups is 1. The van der Waals surface area contributed by atoms with Gasteiger partial charge in [-0.3, -0.25) is 4.79 Å². The Morgan fingerprint density at radius 1 is 1.45 bits per heavy atom. The Kier molecular flexibility index (Phi) is 4.90. The van der Waals surface area contributed by atoms with Gasteiger partial charge < -0.3 is 10.4 Å². The van der Waals surface area contributed by atoms with Crippen LogP contribution in [0.5, 0.6) is 0 Å². The normalized spacial score (nSPS) is 16.9. The van der Waals surface area contributed by atoms with Crippen molar-refractivity contribution in [3.05, 3.63) is 41.7 Å². The summed E-state index contributed by atoms with van der Waals surface area (Å²) >= 11 is 0. The van der Waals surface area contributed by atoms with Crippen LogP contribution in [0.1, 0.15) is 31.7 Å². The molecular formula is C16H20FNO2. The van der Waals surface area contributed by atoms with Crippen LogP contribution in [0.2, 0.25) is 0 Å². The molecule has 0 bridgehead atoms. The predicted octanol–water partition coefficient (Wildman–Crippen LogP) is 2.51. The number of aliphatic hydroxyl groups excluding tert-OH is 1. The first kappa shape index (κ1) is 14.7. The molecular weight excluding hydrogens is 257 g/mol. The molecule has 1 aromatic carbocycles. The lowest BCUT2D eigenvalue weighted by molar-refractivity contribution is -0.117. The molecule has 1 aliphatic carbocycles. The number of halogens is 1. The molecule has 0 spiro atoms. The molecule has 1 aromatic rings. The second-order valence-electron chi connectivity index (χ2n) is 5.30. The van der Waals surface area contributed by atoms with E-state index in [1.807, 2.05) is 6.92 Å². The zero-order valence-corrected chi connectivity index (χ0v) is 11.6. The maximum absolute atomic E-state index is 12.8. The summed E-state index contributed by atoms with van der Waals surface area (Å²) in [5.74, 6) is 0.0607. The number of hydrogen-bond acceptors (Lipinski definition) is 2. The van der Waals surface area contributed by atoms with Gasteiger partial charge in [-0.05, 0) is 55.4 Å². The fraction of sp³-hybridized carbons (Fsp3) is 0.438. The smallest absolute Gasteiger partial charge is 0.244 e. The summed E-state index contributed by atoms with van der Waals surface area (Å²) in [7, 11) is 0. The van der Waals surface area contributed by atoms with E-state index < -0.39 is 0 Å². The van der Waals surface area contributed by atoms with E-state index in [9.17, 15) is 9.18 Å². The third kappa shape index (κ3) is 4.17. The Balaban J connectivity index is 1.97. The van der Waals surface area contributed by atoms with Crippen LogP contribution in [0, 0.1) is 11.7 Å². The van der Waals surface area contributed by atoms with Crippen LogP contribution in [0.4, 0.5) is 4.39 Å². The first-order valence-electron chi connectivity index (χ1n) is 6.95. The monoisotopic (exact) mass is 277 g/mol. The van der Waals surface area contributed by atoms with Gasteiger partial charge in [-0.1, -0.05) is 12.1 Å². The number of rotatable bonds is 6. The molecule has 0 radical (unpaired) electrons. The zero-order chi connectivity index (χ0) is 14.5. The Bertz CT molecular complexity index is 492. The highest BCUT2D eigenvalue weighted by molar-refractivity contribution is 5.95. The zero-order valence-electron chi connectivity index (χ0n) is 11.6. The number of carbonyl (C=O) groups excluding carboxylic acids is 1. The molecule has 1 saturated carbocycles. The lowest BCUT2D eigenvalue weighted by Gasteiger charge is -2.16. The number of aliphatic hydroxyl groups is 1. The van der Waals surface area contributed by atoms with Crippen molar-refractivity contribution >= 4 is 11.5 Å². The summed E-state index contributed by atoms with van der Waals surface area (Å²) in [6.45, 7) is 1.91. The van der Waals surface area contributed by atoms with E-state index in [0.717, 1.165) is 24.0 Å². The van der Waals surface area contributed by atoms with Crippen LogP contribution < -0.4 is 5.32 Å². The molecule has 0 aromatic heterocycles. The lowest BCUT2D eigenvalue weighted by atomic mass is 10.1. The number of amides is 1. The molecule has 0 aliphatic heterocycles. The molecule has 1 aliphatic rings. The predicted molar refractivity (Wildman–Crippen MR) is 76.4 cm³/mol. The van der Waals surface area contributed by atoms with Crippen molar-refractivity contribution in [3.63, 3.8) is 0 Å². The van der Waals surface area contributed by atoms with Gasteiger partial charge in [0.15, 0.2) is 0 Å². The molecule has 1 atom stereocenters. The maximum atomic E-state index is 12.8. The molecule has 2 N–H and O–H groups in total. The number of nitrogens with one attached hydrogen (secondary N) is 1. The van der Waals surface area contributed by atoms with Gasteiger partial charge in [-0.15, -0.1) is 0 Å². The Morgan fingerprint density at radius 2 is 2.10 bits per heavy atom. The van der Waals surface area contributed by atoms with Crippen molar-refractivity contribution < 1.29 is 14.3 Å². The number of benzene rings is 1. The van der Waals surface area contributed by atoms with Gasteiger partial charge in [0, 0.05) is 18.7 Å². The van der Waals surface area contributed by atoms with Gasteiger partial charge in [0.1, 0.15) is 5.82 Å². The first-order valence-corrected chi connectivity index (χ1v) is 6.95. The number of hydrogen-bond donors (Lipinski definition) is 2. The largest absolute Gasteiger partial charge is 0.396 e. The molecule has 4 heteroatoms. The lowest BCUT2D eigenvalue weighted by Crippen LogP contribution is -2.36. The van der Waals surface area contributed by atoms with Gasteiger partial charge in [-0.2, -0.15) is 0 Å². The van der Waals surface area contributed by atoms with E-state index in [2.05, 4.69) is 5.32 Å². The third-order valence-corrected chi connectivity index (χ3v) is 3.61. The average Bonchev–Trinajstić information content (AvgIpc) is 3.23. The van der Waals surface area contributed by atoms with Crippen molar-refractivity contribution in [1.29, 1.82) is 0 Å². The molecule has 2 rings (SSSR count).